The fraction of sp³-hybridized carbons (Fsp3) is 0.789. The fourth-order valence-electron chi connectivity index (χ4n) is 4.66. The van der Waals surface area contributed by atoms with Crippen molar-refractivity contribution in [1.29, 1.82) is 0 Å². The van der Waals surface area contributed by atoms with Gasteiger partial charge in [0.25, 0.3) is 0 Å². The molecule has 5 atom stereocenters. The molecule has 1 aromatic heterocycles. The van der Waals surface area contributed by atoms with Gasteiger partial charge >= 0.3 is 0 Å². The first-order valence-electron chi connectivity index (χ1n) is 9.64. The predicted octanol–water partition coefficient (Wildman–Crippen LogP) is 1.21. The van der Waals surface area contributed by atoms with Crippen molar-refractivity contribution >= 4 is 5.91 Å². The summed E-state index contributed by atoms with van der Waals surface area (Å²) in [6, 6.07) is 0.181. The van der Waals surface area contributed by atoms with E-state index < -0.39 is 0 Å². The molecule has 0 aliphatic carbocycles. The van der Waals surface area contributed by atoms with Crippen LogP contribution in [-0.2, 0) is 11.8 Å². The molecule has 3 rings (SSSR count). The molecule has 140 valence electrons. The smallest absolute Gasteiger partial charge is 0.225 e. The highest BCUT2D eigenvalue weighted by atomic mass is 16.2. The summed E-state index contributed by atoms with van der Waals surface area (Å²) >= 11 is 0. The molecule has 2 fully saturated rings. The molecule has 3 unspecified atom stereocenters. The van der Waals surface area contributed by atoms with Crippen LogP contribution < -0.4 is 10.6 Å². The van der Waals surface area contributed by atoms with E-state index in [4.69, 9.17) is 0 Å². The van der Waals surface area contributed by atoms with Crippen LogP contribution in [0, 0.1) is 17.8 Å². The van der Waals surface area contributed by atoms with Crippen molar-refractivity contribution in [3.8, 4) is 0 Å². The molecule has 3 heterocycles. The molecular weight excluding hydrogens is 314 g/mol. The van der Waals surface area contributed by atoms with Gasteiger partial charge in [-0.1, -0.05) is 13.8 Å². The third-order valence-corrected chi connectivity index (χ3v) is 5.57. The molecule has 2 aliphatic heterocycles. The summed E-state index contributed by atoms with van der Waals surface area (Å²) in [5.74, 6) is 1.88. The molecule has 2 aliphatic rings. The number of hydrogen-bond donors (Lipinski definition) is 2. The van der Waals surface area contributed by atoms with Crippen molar-refractivity contribution in [2.45, 2.75) is 39.2 Å². The van der Waals surface area contributed by atoms with Gasteiger partial charge in [-0.15, -0.1) is 0 Å². The Labute approximate surface area is 151 Å². The Balaban J connectivity index is 1.54. The van der Waals surface area contributed by atoms with E-state index in [0.717, 1.165) is 50.1 Å². The van der Waals surface area contributed by atoms with Crippen LogP contribution in [0.2, 0.25) is 0 Å². The Morgan fingerprint density at radius 3 is 2.72 bits per heavy atom. The number of aromatic nitrogens is 2. The summed E-state index contributed by atoms with van der Waals surface area (Å²) in [5.41, 5.74) is 1.15. The first-order valence-corrected chi connectivity index (χ1v) is 9.64. The lowest BCUT2D eigenvalue weighted by molar-refractivity contribution is -0.125. The second kappa shape index (κ2) is 7.87. The number of rotatable bonds is 5. The third-order valence-electron chi connectivity index (χ3n) is 5.57. The van der Waals surface area contributed by atoms with Crippen LogP contribution >= 0.6 is 0 Å². The summed E-state index contributed by atoms with van der Waals surface area (Å²) < 4.78 is 1.81. The van der Waals surface area contributed by atoms with E-state index in [0.29, 0.717) is 0 Å². The SMILES string of the molecule is CC1CC(C)CN(CC(C)NC(=O)[C@H]2CNC[C@@H]2c2cnn(C)c2)C1. The third kappa shape index (κ3) is 4.61. The number of hydrogen-bond acceptors (Lipinski definition) is 4. The second-order valence-corrected chi connectivity index (χ2v) is 8.39. The summed E-state index contributed by atoms with van der Waals surface area (Å²) in [6.07, 6.45) is 5.23. The lowest BCUT2D eigenvalue weighted by Gasteiger charge is -2.36. The van der Waals surface area contributed by atoms with Gasteiger partial charge in [-0.25, -0.2) is 0 Å². The number of carbonyl (C=O) groups is 1. The molecule has 0 radical (unpaired) electrons. The number of amides is 1. The Kier molecular flexibility index (Phi) is 5.79. The van der Waals surface area contributed by atoms with Crippen LogP contribution in [0.4, 0.5) is 0 Å². The minimum atomic E-state index is -0.00847. The number of aryl methyl sites for hydroxylation is 1. The van der Waals surface area contributed by atoms with E-state index in [1.165, 1.54) is 6.42 Å². The lowest BCUT2D eigenvalue weighted by Crippen LogP contribution is -2.48. The van der Waals surface area contributed by atoms with Gasteiger partial charge in [0, 0.05) is 57.9 Å². The van der Waals surface area contributed by atoms with Crippen molar-refractivity contribution in [1.82, 2.24) is 25.3 Å². The number of likely N-dealkylation sites (tertiary alicyclic amines) is 1. The Morgan fingerprint density at radius 1 is 1.36 bits per heavy atom. The highest BCUT2D eigenvalue weighted by Crippen LogP contribution is 2.28. The van der Waals surface area contributed by atoms with Gasteiger partial charge in [-0.3, -0.25) is 9.48 Å². The number of piperidine rings is 1. The van der Waals surface area contributed by atoms with Crippen LogP contribution in [0.15, 0.2) is 12.4 Å². The van der Waals surface area contributed by atoms with Crippen molar-refractivity contribution in [2.24, 2.45) is 24.8 Å². The van der Waals surface area contributed by atoms with Gasteiger partial charge in [0.15, 0.2) is 0 Å². The van der Waals surface area contributed by atoms with Crippen LogP contribution in [0.5, 0.6) is 0 Å². The van der Waals surface area contributed by atoms with Gasteiger partial charge in [0.05, 0.1) is 12.1 Å². The fourth-order valence-corrected chi connectivity index (χ4v) is 4.66. The van der Waals surface area contributed by atoms with Gasteiger partial charge in [0.2, 0.25) is 5.91 Å². The van der Waals surface area contributed by atoms with Gasteiger partial charge in [-0.05, 0) is 30.7 Å². The van der Waals surface area contributed by atoms with Crippen molar-refractivity contribution in [3.05, 3.63) is 18.0 Å². The number of nitrogens with zero attached hydrogens (tertiary/aromatic N) is 3. The molecule has 2 N–H and O–H groups in total. The van der Waals surface area contributed by atoms with Crippen molar-refractivity contribution in [3.63, 3.8) is 0 Å². The zero-order chi connectivity index (χ0) is 18.0. The highest BCUT2D eigenvalue weighted by Gasteiger charge is 2.35. The van der Waals surface area contributed by atoms with Crippen molar-refractivity contribution < 1.29 is 4.79 Å². The van der Waals surface area contributed by atoms with Gasteiger partial charge < -0.3 is 15.5 Å². The first-order chi connectivity index (χ1) is 11.9. The highest BCUT2D eigenvalue weighted by molar-refractivity contribution is 5.80. The summed E-state index contributed by atoms with van der Waals surface area (Å²) in [4.78, 5) is 15.3. The van der Waals surface area contributed by atoms with Crippen LogP contribution in [0.1, 0.15) is 38.7 Å². The lowest BCUT2D eigenvalue weighted by atomic mass is 9.90. The normalized spacial score (nSPS) is 31.8. The Hall–Kier alpha value is -1.40. The quantitative estimate of drug-likeness (QED) is 0.840. The molecule has 6 heteroatoms. The average molecular weight is 348 g/mol. The number of nitrogens with one attached hydrogen (secondary N) is 2. The van der Waals surface area contributed by atoms with E-state index >= 15 is 0 Å². The van der Waals surface area contributed by atoms with Crippen LogP contribution in [-0.4, -0.2) is 59.4 Å². The molecule has 6 nitrogen and oxygen atoms in total. The molecule has 0 spiro atoms. The molecule has 1 amide bonds. The zero-order valence-corrected chi connectivity index (χ0v) is 16.0. The van der Waals surface area contributed by atoms with Crippen molar-refractivity contribution in [2.75, 3.05) is 32.7 Å². The largest absolute Gasteiger partial charge is 0.352 e. The number of carbonyl (C=O) groups excluding carboxylic acids is 1. The van der Waals surface area contributed by atoms with Gasteiger partial charge in [-0.2, -0.15) is 5.10 Å². The molecular formula is C19H33N5O. The Bertz CT molecular complexity index is 576. The summed E-state index contributed by atoms with van der Waals surface area (Å²) in [6.45, 7) is 11.6. The molecule has 0 saturated carbocycles. The second-order valence-electron chi connectivity index (χ2n) is 8.39. The minimum Gasteiger partial charge on any atom is -0.352 e. The standard InChI is InChI=1S/C19H33N5O/c1-13-5-14(2)10-24(9-13)11-15(3)22-19(25)18-8-20-7-17(18)16-6-21-23(4)12-16/h6,12-15,17-18,20H,5,7-11H2,1-4H3,(H,22,25)/t13?,14?,15?,17-,18+/m1/s1. The predicted molar refractivity (Wildman–Crippen MR) is 99.3 cm³/mol. The zero-order valence-electron chi connectivity index (χ0n) is 16.0. The van der Waals surface area contributed by atoms with Crippen LogP contribution in [0.3, 0.4) is 0 Å². The summed E-state index contributed by atoms with van der Waals surface area (Å²) in [5, 5.41) is 10.9. The minimum absolute atomic E-state index is 0.00847. The van der Waals surface area contributed by atoms with E-state index in [1.54, 1.807) is 0 Å². The molecule has 0 bridgehead atoms. The maximum atomic E-state index is 12.8. The van der Waals surface area contributed by atoms with E-state index in [9.17, 15) is 4.79 Å². The maximum absolute atomic E-state index is 12.8. The first kappa shape index (κ1) is 18.4. The summed E-state index contributed by atoms with van der Waals surface area (Å²) in [7, 11) is 1.92. The van der Waals surface area contributed by atoms with E-state index in [-0.39, 0.29) is 23.8 Å². The van der Waals surface area contributed by atoms with E-state index in [1.807, 2.05) is 24.1 Å². The average Bonchev–Trinajstić information content (AvgIpc) is 3.14. The molecule has 0 aromatic carbocycles. The van der Waals surface area contributed by atoms with Crippen LogP contribution in [0.25, 0.3) is 0 Å². The van der Waals surface area contributed by atoms with E-state index in [2.05, 4.69) is 41.4 Å². The molecule has 25 heavy (non-hydrogen) atoms. The monoisotopic (exact) mass is 347 g/mol. The molecule has 2 saturated heterocycles. The van der Waals surface area contributed by atoms with Gasteiger partial charge in [0.1, 0.15) is 0 Å². The maximum Gasteiger partial charge on any atom is 0.225 e. The molecule has 1 aromatic rings. The Morgan fingerprint density at radius 2 is 2.08 bits per heavy atom. The topological polar surface area (TPSA) is 62.2 Å².